The van der Waals surface area contributed by atoms with Gasteiger partial charge in [-0.15, -0.1) is 0 Å². The topological polar surface area (TPSA) is 0 Å². The molecule has 0 aromatic heterocycles. The van der Waals surface area contributed by atoms with Gasteiger partial charge in [-0.25, -0.2) is 0 Å². The molecule has 0 N–H and O–H groups in total. The minimum absolute atomic E-state index is 0.0233. The summed E-state index contributed by atoms with van der Waals surface area (Å²) in [7, 11) is -6.42. The predicted molar refractivity (Wildman–Crippen MR) is 105 cm³/mol. The minimum atomic E-state index is -3.21. The van der Waals surface area contributed by atoms with E-state index in [1.54, 1.807) is 0 Å². The van der Waals surface area contributed by atoms with Crippen LogP contribution in [0.4, 0.5) is 8.22 Å². The fourth-order valence-corrected chi connectivity index (χ4v) is 11.6. The van der Waals surface area contributed by atoms with E-state index in [0.29, 0.717) is 0 Å². The summed E-state index contributed by atoms with van der Waals surface area (Å²) in [5, 5.41) is 0. The average Bonchev–Trinajstić information content (AvgIpc) is 2.60. The van der Waals surface area contributed by atoms with Gasteiger partial charge in [-0.3, -0.25) is 8.22 Å². The molecule has 0 radical (unpaired) electrons. The second-order valence-corrected chi connectivity index (χ2v) is 16.3. The molecule has 0 amide bonds. The summed E-state index contributed by atoms with van der Waals surface area (Å²) in [4.78, 5) is 0. The van der Waals surface area contributed by atoms with Crippen LogP contribution in [-0.2, 0) is 0 Å². The van der Waals surface area contributed by atoms with E-state index in [2.05, 4.69) is 11.1 Å². The number of rotatable bonds is 4. The van der Waals surface area contributed by atoms with Gasteiger partial charge in [0.15, 0.2) is 0 Å². The van der Waals surface area contributed by atoms with Crippen LogP contribution in [0.2, 0.25) is 22.2 Å². The first-order valence-electron chi connectivity index (χ1n) is 10.2. The number of halogens is 2. The summed E-state index contributed by atoms with van der Waals surface area (Å²) in [6, 6.07) is 0. The molecule has 2 rings (SSSR count). The van der Waals surface area contributed by atoms with Gasteiger partial charge in [-0.2, -0.15) is 0 Å². The van der Waals surface area contributed by atoms with Gasteiger partial charge in [0.1, 0.15) is 0 Å². The maximum atomic E-state index is 16.0. The fraction of sp³-hybridized carbons (Fsp3) is 0.900. The summed E-state index contributed by atoms with van der Waals surface area (Å²) in [5.41, 5.74) is 6.41. The quantitative estimate of drug-likeness (QED) is 0.275. The Bertz CT molecular complexity index is 416. The van der Waals surface area contributed by atoms with Crippen LogP contribution in [0.5, 0.6) is 0 Å². The Morgan fingerprint density at radius 3 is 1.17 bits per heavy atom. The first-order chi connectivity index (χ1) is 11.3. The molecule has 0 nitrogen and oxygen atoms in total. The second-order valence-electron chi connectivity index (χ2n) is 8.77. The molecule has 0 saturated heterocycles. The van der Waals surface area contributed by atoms with Crippen molar-refractivity contribution in [2.45, 2.75) is 114 Å². The maximum Gasteiger partial charge on any atom is 0.327 e. The van der Waals surface area contributed by atoms with E-state index in [4.69, 9.17) is 0 Å². The zero-order valence-corrected chi connectivity index (χ0v) is 18.1. The minimum Gasteiger partial charge on any atom is -0.297 e. The Hall–Kier alpha value is -0.146. The van der Waals surface area contributed by atoms with Crippen LogP contribution in [0.3, 0.4) is 0 Å². The lowest BCUT2D eigenvalue weighted by Gasteiger charge is -2.35. The Morgan fingerprint density at radius 1 is 0.625 bits per heavy atom. The van der Waals surface area contributed by atoms with Gasteiger partial charge in [0.25, 0.3) is 0 Å². The smallest absolute Gasteiger partial charge is 0.297 e. The zero-order chi connectivity index (χ0) is 17.8. The van der Waals surface area contributed by atoms with Crippen molar-refractivity contribution in [3.05, 3.63) is 0 Å². The van der Waals surface area contributed by atoms with E-state index < -0.39 is 16.8 Å². The SMILES string of the molecule is CC(C)[Si](F)(C#C[Si](F)(C(C)C)C1CCCCC1)C1CCCCC1. The van der Waals surface area contributed by atoms with E-state index in [-0.39, 0.29) is 22.2 Å². The van der Waals surface area contributed by atoms with Crippen molar-refractivity contribution in [3.8, 4) is 11.1 Å². The zero-order valence-electron chi connectivity index (χ0n) is 16.1. The van der Waals surface area contributed by atoms with Crippen molar-refractivity contribution in [2.75, 3.05) is 0 Å². The summed E-state index contributed by atoms with van der Waals surface area (Å²) in [6.45, 7) is 7.92. The Kier molecular flexibility index (Phi) is 7.14. The van der Waals surface area contributed by atoms with Gasteiger partial charge >= 0.3 is 16.8 Å². The van der Waals surface area contributed by atoms with Crippen LogP contribution in [0.25, 0.3) is 0 Å². The third-order valence-electron chi connectivity index (χ3n) is 6.52. The van der Waals surface area contributed by atoms with Gasteiger partial charge in [0, 0.05) is 0 Å². The molecule has 2 aliphatic rings. The van der Waals surface area contributed by atoms with Gasteiger partial charge in [-0.05, 0) is 47.8 Å². The highest BCUT2D eigenvalue weighted by Gasteiger charge is 2.49. The van der Waals surface area contributed by atoms with Crippen LogP contribution in [0.1, 0.15) is 91.9 Å². The normalized spacial score (nSPS) is 25.8. The second kappa shape index (κ2) is 8.49. The third-order valence-corrected chi connectivity index (χ3v) is 14.7. The van der Waals surface area contributed by atoms with Gasteiger partial charge < -0.3 is 0 Å². The molecule has 0 bridgehead atoms. The van der Waals surface area contributed by atoms with Crippen molar-refractivity contribution >= 4 is 16.8 Å². The molecular weight excluding hydrogens is 334 g/mol. The molecule has 0 aromatic rings. The average molecular weight is 371 g/mol. The molecule has 2 unspecified atom stereocenters. The first-order valence-corrected chi connectivity index (χ1v) is 14.3. The highest BCUT2D eigenvalue weighted by Crippen LogP contribution is 2.45. The molecule has 138 valence electrons. The van der Waals surface area contributed by atoms with Crippen molar-refractivity contribution in [1.82, 2.24) is 0 Å². The summed E-state index contributed by atoms with van der Waals surface area (Å²) < 4.78 is 32.0. The molecule has 0 aliphatic heterocycles. The molecule has 0 spiro atoms. The van der Waals surface area contributed by atoms with Crippen molar-refractivity contribution in [2.24, 2.45) is 0 Å². The van der Waals surface area contributed by atoms with E-state index in [9.17, 15) is 0 Å². The standard InChI is InChI=1S/C20H36F2Si2/c1-17(2)23(21,19-11-7-5-8-12-19)15-16-24(22,18(3)4)20-13-9-6-10-14-20/h17-20H,5-14H2,1-4H3. The van der Waals surface area contributed by atoms with E-state index in [0.717, 1.165) is 51.4 Å². The molecule has 2 atom stereocenters. The molecular formula is C20H36F2Si2. The van der Waals surface area contributed by atoms with Gasteiger partial charge in [0.2, 0.25) is 0 Å². The highest BCUT2D eigenvalue weighted by molar-refractivity contribution is 6.89. The van der Waals surface area contributed by atoms with Crippen molar-refractivity contribution < 1.29 is 8.22 Å². The third kappa shape index (κ3) is 4.33. The predicted octanol–water partition coefficient (Wildman–Crippen LogP) is 7.39. The van der Waals surface area contributed by atoms with Crippen LogP contribution in [0.15, 0.2) is 0 Å². The molecule has 0 heterocycles. The van der Waals surface area contributed by atoms with Gasteiger partial charge in [-0.1, -0.05) is 77.3 Å². The highest BCUT2D eigenvalue weighted by atomic mass is 28.4. The van der Waals surface area contributed by atoms with Crippen LogP contribution < -0.4 is 0 Å². The van der Waals surface area contributed by atoms with Crippen molar-refractivity contribution in [1.29, 1.82) is 0 Å². The monoisotopic (exact) mass is 370 g/mol. The lowest BCUT2D eigenvalue weighted by atomic mass is 10.0. The largest absolute Gasteiger partial charge is 0.327 e. The molecule has 0 aromatic carbocycles. The van der Waals surface area contributed by atoms with Crippen LogP contribution in [0, 0.1) is 11.1 Å². The Morgan fingerprint density at radius 2 is 0.917 bits per heavy atom. The molecule has 2 aliphatic carbocycles. The Labute approximate surface area is 150 Å². The molecule has 2 saturated carbocycles. The lowest BCUT2D eigenvalue weighted by Crippen LogP contribution is -2.42. The van der Waals surface area contributed by atoms with Gasteiger partial charge in [0.05, 0.1) is 0 Å². The molecule has 2 fully saturated rings. The van der Waals surface area contributed by atoms with Crippen LogP contribution >= 0.6 is 0 Å². The number of hydrogen-bond donors (Lipinski definition) is 0. The maximum absolute atomic E-state index is 16.0. The number of hydrogen-bond acceptors (Lipinski definition) is 0. The van der Waals surface area contributed by atoms with E-state index >= 15 is 8.22 Å². The molecule has 24 heavy (non-hydrogen) atoms. The summed E-state index contributed by atoms with van der Waals surface area (Å²) in [6.07, 6.45) is 10.9. The lowest BCUT2D eigenvalue weighted by molar-refractivity contribution is 0.468. The Balaban J connectivity index is 2.28. The first kappa shape index (κ1) is 20.2. The van der Waals surface area contributed by atoms with Crippen molar-refractivity contribution in [3.63, 3.8) is 0 Å². The van der Waals surface area contributed by atoms with E-state index in [1.165, 1.54) is 12.8 Å². The summed E-state index contributed by atoms with van der Waals surface area (Å²) >= 11 is 0. The molecule has 4 heteroatoms. The van der Waals surface area contributed by atoms with Crippen LogP contribution in [-0.4, -0.2) is 16.8 Å². The van der Waals surface area contributed by atoms with E-state index in [1.807, 2.05) is 27.7 Å². The fourth-order valence-electron chi connectivity index (χ4n) is 4.67. The summed E-state index contributed by atoms with van der Waals surface area (Å²) in [5.74, 6) is 0.